The molecule has 0 bridgehead atoms. The minimum Gasteiger partial charge on any atom is -0.354 e. The summed E-state index contributed by atoms with van der Waals surface area (Å²) in [5.41, 5.74) is 0.238. The van der Waals surface area contributed by atoms with Gasteiger partial charge in [0.2, 0.25) is 5.91 Å². The van der Waals surface area contributed by atoms with Crippen LogP contribution in [-0.4, -0.2) is 86.1 Å². The third-order valence-electron chi connectivity index (χ3n) is 6.06. The lowest BCUT2D eigenvalue weighted by Gasteiger charge is -2.45. The van der Waals surface area contributed by atoms with Crippen LogP contribution in [0.25, 0.3) is 0 Å². The summed E-state index contributed by atoms with van der Waals surface area (Å²) in [5.74, 6) is 0.487. The third-order valence-corrected chi connectivity index (χ3v) is 6.06. The Labute approximate surface area is 135 Å². The van der Waals surface area contributed by atoms with Gasteiger partial charge in [0.15, 0.2) is 0 Å². The van der Waals surface area contributed by atoms with Gasteiger partial charge in [0.1, 0.15) is 0 Å². The number of piperazine rings is 1. The Morgan fingerprint density at radius 3 is 2.32 bits per heavy atom. The molecule has 0 radical (unpaired) electrons. The maximum absolute atomic E-state index is 12.5. The van der Waals surface area contributed by atoms with E-state index in [1.807, 2.05) is 0 Å². The van der Waals surface area contributed by atoms with Crippen LogP contribution in [-0.2, 0) is 4.79 Å². The smallest absolute Gasteiger partial charge is 0.224 e. The summed E-state index contributed by atoms with van der Waals surface area (Å²) in [7, 11) is 4.31. The number of likely N-dealkylation sites (N-methyl/N-ethyl adjacent to an activating group) is 1. The van der Waals surface area contributed by atoms with Crippen LogP contribution < -0.4 is 5.32 Å². The number of carbonyl (C=O) groups excluding carboxylic acids is 1. The molecule has 1 N–H and O–H groups in total. The van der Waals surface area contributed by atoms with Crippen molar-refractivity contribution in [2.75, 3.05) is 59.9 Å². The summed E-state index contributed by atoms with van der Waals surface area (Å²) in [4.78, 5) is 19.8. The zero-order valence-electron chi connectivity index (χ0n) is 14.3. The van der Waals surface area contributed by atoms with E-state index in [1.165, 1.54) is 25.7 Å². The number of hydrogen-bond donors (Lipinski definition) is 1. The van der Waals surface area contributed by atoms with Gasteiger partial charge >= 0.3 is 0 Å². The van der Waals surface area contributed by atoms with Gasteiger partial charge in [0.05, 0.1) is 5.92 Å². The van der Waals surface area contributed by atoms with Crippen molar-refractivity contribution in [1.29, 1.82) is 0 Å². The molecule has 3 fully saturated rings. The maximum atomic E-state index is 12.5. The molecule has 2 heterocycles. The number of nitrogens with zero attached hydrogens (tertiary/aromatic N) is 3. The first kappa shape index (κ1) is 16.2. The van der Waals surface area contributed by atoms with Crippen molar-refractivity contribution in [2.24, 2.45) is 5.92 Å². The first-order valence-corrected chi connectivity index (χ1v) is 8.99. The average molecular weight is 308 g/mol. The van der Waals surface area contributed by atoms with Gasteiger partial charge < -0.3 is 15.1 Å². The van der Waals surface area contributed by atoms with Gasteiger partial charge in [-0.25, -0.2) is 0 Å². The van der Waals surface area contributed by atoms with E-state index in [4.69, 9.17) is 0 Å². The van der Waals surface area contributed by atoms with Gasteiger partial charge in [0.25, 0.3) is 0 Å². The van der Waals surface area contributed by atoms with Gasteiger partial charge in [-0.1, -0.05) is 12.8 Å². The molecule has 5 heteroatoms. The molecule has 0 aromatic rings. The van der Waals surface area contributed by atoms with Crippen LogP contribution in [0.4, 0.5) is 0 Å². The summed E-state index contributed by atoms with van der Waals surface area (Å²) in [6.45, 7) is 7.45. The number of likely N-dealkylation sites (tertiary alicyclic amines) is 1. The Balaban J connectivity index is 1.56. The highest BCUT2D eigenvalue weighted by molar-refractivity contribution is 5.79. The van der Waals surface area contributed by atoms with Crippen molar-refractivity contribution in [3.05, 3.63) is 0 Å². The van der Waals surface area contributed by atoms with Gasteiger partial charge in [-0.3, -0.25) is 9.69 Å². The first-order chi connectivity index (χ1) is 10.6. The molecule has 2 aliphatic heterocycles. The molecule has 1 atom stereocenters. The Kier molecular flexibility index (Phi) is 5.05. The van der Waals surface area contributed by atoms with Crippen LogP contribution in [0.1, 0.15) is 32.1 Å². The zero-order valence-corrected chi connectivity index (χ0v) is 14.3. The second kappa shape index (κ2) is 6.85. The number of amides is 1. The predicted octanol–water partition coefficient (Wildman–Crippen LogP) is 0.615. The van der Waals surface area contributed by atoms with Crippen LogP contribution in [0, 0.1) is 5.92 Å². The average Bonchev–Trinajstić information content (AvgIpc) is 3.15. The highest BCUT2D eigenvalue weighted by Crippen LogP contribution is 2.35. The van der Waals surface area contributed by atoms with Crippen LogP contribution in [0.15, 0.2) is 0 Å². The zero-order chi connectivity index (χ0) is 15.6. The van der Waals surface area contributed by atoms with Crippen LogP contribution in [0.2, 0.25) is 0 Å². The van der Waals surface area contributed by atoms with E-state index in [0.29, 0.717) is 0 Å². The molecule has 0 aromatic heterocycles. The van der Waals surface area contributed by atoms with E-state index in [0.717, 1.165) is 52.2 Å². The van der Waals surface area contributed by atoms with E-state index >= 15 is 0 Å². The third kappa shape index (κ3) is 3.47. The predicted molar refractivity (Wildman–Crippen MR) is 88.9 cm³/mol. The highest BCUT2D eigenvalue weighted by atomic mass is 16.1. The largest absolute Gasteiger partial charge is 0.354 e. The van der Waals surface area contributed by atoms with Crippen molar-refractivity contribution in [1.82, 2.24) is 20.0 Å². The summed E-state index contributed by atoms with van der Waals surface area (Å²) >= 11 is 0. The molecule has 5 nitrogen and oxygen atoms in total. The molecular weight excluding hydrogens is 276 g/mol. The monoisotopic (exact) mass is 308 g/mol. The van der Waals surface area contributed by atoms with Gasteiger partial charge in [-0.05, 0) is 39.9 Å². The maximum Gasteiger partial charge on any atom is 0.224 e. The van der Waals surface area contributed by atoms with Crippen molar-refractivity contribution < 1.29 is 4.79 Å². The van der Waals surface area contributed by atoms with Crippen molar-refractivity contribution in [2.45, 2.75) is 37.6 Å². The quantitative estimate of drug-likeness (QED) is 0.826. The van der Waals surface area contributed by atoms with Crippen molar-refractivity contribution in [3.63, 3.8) is 0 Å². The fraction of sp³-hybridized carbons (Fsp3) is 0.941. The Hall–Kier alpha value is -0.650. The molecule has 2 saturated heterocycles. The summed E-state index contributed by atoms with van der Waals surface area (Å²) < 4.78 is 0. The van der Waals surface area contributed by atoms with Crippen molar-refractivity contribution in [3.8, 4) is 0 Å². The van der Waals surface area contributed by atoms with E-state index in [1.54, 1.807) is 0 Å². The normalized spacial score (nSPS) is 30.7. The minimum atomic E-state index is 0.205. The molecule has 1 amide bonds. The fourth-order valence-electron chi connectivity index (χ4n) is 4.46. The molecule has 22 heavy (non-hydrogen) atoms. The lowest BCUT2D eigenvalue weighted by molar-refractivity contribution is -0.125. The molecule has 1 unspecified atom stereocenters. The molecule has 0 spiro atoms. The lowest BCUT2D eigenvalue weighted by atomic mass is 9.93. The van der Waals surface area contributed by atoms with Gasteiger partial charge in [0, 0.05) is 44.8 Å². The Morgan fingerprint density at radius 2 is 1.73 bits per heavy atom. The number of carbonyl (C=O) groups is 1. The van der Waals surface area contributed by atoms with E-state index in [-0.39, 0.29) is 17.4 Å². The Morgan fingerprint density at radius 1 is 1.05 bits per heavy atom. The first-order valence-electron chi connectivity index (χ1n) is 8.99. The molecule has 3 rings (SSSR count). The van der Waals surface area contributed by atoms with E-state index < -0.39 is 0 Å². The second-order valence-corrected chi connectivity index (χ2v) is 7.69. The van der Waals surface area contributed by atoms with Gasteiger partial charge in [-0.15, -0.1) is 0 Å². The Bertz CT molecular complexity index is 386. The number of rotatable bonds is 4. The van der Waals surface area contributed by atoms with Crippen LogP contribution >= 0.6 is 0 Å². The standard InChI is InChI=1S/C17H32N4O/c1-19-9-11-21(12-10-19)17(6-3-4-7-17)14-18-16(22)15-5-8-20(2)13-15/h15H,3-14H2,1-2H3,(H,18,22). The fourth-order valence-corrected chi connectivity index (χ4v) is 4.46. The summed E-state index contributed by atoms with van der Waals surface area (Å²) in [5, 5.41) is 3.32. The molecule has 3 aliphatic rings. The lowest BCUT2D eigenvalue weighted by Crippen LogP contribution is -2.59. The van der Waals surface area contributed by atoms with Crippen LogP contribution in [0.3, 0.4) is 0 Å². The molecule has 126 valence electrons. The highest BCUT2D eigenvalue weighted by Gasteiger charge is 2.41. The van der Waals surface area contributed by atoms with E-state index in [2.05, 4.69) is 34.1 Å². The minimum absolute atomic E-state index is 0.205. The summed E-state index contributed by atoms with van der Waals surface area (Å²) in [6, 6.07) is 0. The summed E-state index contributed by atoms with van der Waals surface area (Å²) in [6.07, 6.45) is 6.15. The molecular formula is C17H32N4O. The molecule has 0 aromatic carbocycles. The second-order valence-electron chi connectivity index (χ2n) is 7.69. The van der Waals surface area contributed by atoms with Gasteiger partial charge in [-0.2, -0.15) is 0 Å². The topological polar surface area (TPSA) is 38.8 Å². The number of nitrogens with one attached hydrogen (secondary N) is 1. The SMILES string of the molecule is CN1CCN(C2(CNC(=O)C3CCN(C)C3)CCCC2)CC1. The molecule has 1 saturated carbocycles. The van der Waals surface area contributed by atoms with E-state index in [9.17, 15) is 4.79 Å². The number of hydrogen-bond acceptors (Lipinski definition) is 4. The van der Waals surface area contributed by atoms with Crippen LogP contribution in [0.5, 0.6) is 0 Å². The molecule has 1 aliphatic carbocycles. The van der Waals surface area contributed by atoms with Crippen molar-refractivity contribution >= 4 is 5.91 Å².